The van der Waals surface area contributed by atoms with Crippen LogP contribution in [-0.4, -0.2) is 20.9 Å². The monoisotopic (exact) mass is 322 g/mol. The number of carboxylic acids is 1. The number of carboxylic acid groups (broad SMARTS) is 1. The third-order valence-corrected chi connectivity index (χ3v) is 4.19. The zero-order valence-electron chi connectivity index (χ0n) is 10.8. The minimum Gasteiger partial charge on any atom is -0.481 e. The first kappa shape index (κ1) is 13.8. The van der Waals surface area contributed by atoms with Gasteiger partial charge in [-0.2, -0.15) is 5.10 Å². The van der Waals surface area contributed by atoms with E-state index < -0.39 is 11.9 Å². The van der Waals surface area contributed by atoms with Crippen molar-refractivity contribution in [2.24, 2.45) is 7.05 Å². The van der Waals surface area contributed by atoms with Crippen LogP contribution in [-0.2, 0) is 18.3 Å². The van der Waals surface area contributed by atoms with E-state index in [4.69, 9.17) is 0 Å². The summed E-state index contributed by atoms with van der Waals surface area (Å²) in [6.07, 6.45) is 0.414. The van der Waals surface area contributed by atoms with Crippen LogP contribution in [0.5, 0.6) is 0 Å². The van der Waals surface area contributed by atoms with Gasteiger partial charge in [0.05, 0.1) is 21.8 Å². The fourth-order valence-corrected chi connectivity index (χ4v) is 2.63. The third kappa shape index (κ3) is 2.87. The number of aliphatic carboxylic acids is 1. The van der Waals surface area contributed by atoms with E-state index in [0.29, 0.717) is 6.42 Å². The van der Waals surface area contributed by atoms with Gasteiger partial charge in [0.15, 0.2) is 0 Å². The van der Waals surface area contributed by atoms with Gasteiger partial charge in [-0.05, 0) is 28.4 Å². The summed E-state index contributed by atoms with van der Waals surface area (Å²) in [4.78, 5) is 11.5. The molecule has 5 heteroatoms. The zero-order chi connectivity index (χ0) is 14.0. The molecule has 0 radical (unpaired) electrons. The van der Waals surface area contributed by atoms with Crippen molar-refractivity contribution in [2.75, 3.05) is 0 Å². The highest BCUT2D eigenvalue weighted by atomic mass is 79.9. The molecule has 1 aromatic carbocycles. The number of hydrogen-bond donors (Lipinski definition) is 1. The molecule has 4 nitrogen and oxygen atoms in total. The van der Waals surface area contributed by atoms with Crippen LogP contribution in [0.2, 0.25) is 0 Å². The van der Waals surface area contributed by atoms with Crippen LogP contribution in [0, 0.1) is 6.92 Å². The van der Waals surface area contributed by atoms with Crippen molar-refractivity contribution < 1.29 is 9.90 Å². The molecule has 2 rings (SSSR count). The van der Waals surface area contributed by atoms with E-state index in [9.17, 15) is 9.90 Å². The number of aromatic nitrogens is 2. The third-order valence-electron chi connectivity index (χ3n) is 3.16. The molecular formula is C14H15BrN2O2. The van der Waals surface area contributed by atoms with Crippen LogP contribution in [0.3, 0.4) is 0 Å². The van der Waals surface area contributed by atoms with E-state index >= 15 is 0 Å². The summed E-state index contributed by atoms with van der Waals surface area (Å²) < 4.78 is 2.62. The molecule has 0 aliphatic carbocycles. The molecule has 100 valence electrons. The molecule has 1 atom stereocenters. The molecule has 0 fully saturated rings. The summed E-state index contributed by atoms with van der Waals surface area (Å²) in [6, 6.07) is 9.28. The number of rotatable bonds is 4. The number of nitrogens with zero attached hydrogens (tertiary/aromatic N) is 2. The highest BCUT2D eigenvalue weighted by Gasteiger charge is 2.23. The summed E-state index contributed by atoms with van der Waals surface area (Å²) in [5, 5.41) is 13.7. The molecule has 1 heterocycles. The van der Waals surface area contributed by atoms with E-state index in [1.807, 2.05) is 44.3 Å². The van der Waals surface area contributed by atoms with Gasteiger partial charge in [0.25, 0.3) is 0 Å². The predicted molar refractivity (Wildman–Crippen MR) is 76.2 cm³/mol. The van der Waals surface area contributed by atoms with Crippen LogP contribution >= 0.6 is 15.9 Å². The number of benzene rings is 1. The van der Waals surface area contributed by atoms with E-state index in [1.54, 1.807) is 4.68 Å². The Balaban J connectivity index is 2.35. The number of aryl methyl sites for hydroxylation is 2. The Hall–Kier alpha value is -1.62. The Morgan fingerprint density at radius 2 is 2.05 bits per heavy atom. The Kier molecular flexibility index (Phi) is 4.04. The molecule has 2 aromatic rings. The van der Waals surface area contributed by atoms with Crippen LogP contribution in [0.25, 0.3) is 0 Å². The van der Waals surface area contributed by atoms with E-state index in [0.717, 1.165) is 21.4 Å². The molecule has 0 amide bonds. The van der Waals surface area contributed by atoms with E-state index in [1.165, 1.54) is 0 Å². The quantitative estimate of drug-likeness (QED) is 0.941. The molecule has 0 saturated heterocycles. The summed E-state index contributed by atoms with van der Waals surface area (Å²) in [5.74, 6) is -1.38. The molecule has 0 aliphatic heterocycles. The summed E-state index contributed by atoms with van der Waals surface area (Å²) >= 11 is 3.47. The van der Waals surface area contributed by atoms with Gasteiger partial charge in [0, 0.05) is 13.5 Å². The summed E-state index contributed by atoms with van der Waals surface area (Å²) in [6.45, 7) is 1.89. The maximum atomic E-state index is 11.5. The van der Waals surface area contributed by atoms with Crippen molar-refractivity contribution in [3.05, 3.63) is 51.8 Å². The van der Waals surface area contributed by atoms with Gasteiger partial charge in [-0.25, -0.2) is 0 Å². The standard InChI is InChI=1S/C14H15BrN2O2/c1-9-13(15)12(17(2)16-9)8-11(14(18)19)10-6-4-3-5-7-10/h3-7,11H,8H2,1-2H3,(H,18,19). The average molecular weight is 323 g/mol. The van der Waals surface area contributed by atoms with Gasteiger partial charge in [-0.1, -0.05) is 30.3 Å². The van der Waals surface area contributed by atoms with E-state index in [2.05, 4.69) is 21.0 Å². The number of hydrogen-bond acceptors (Lipinski definition) is 2. The first-order valence-electron chi connectivity index (χ1n) is 5.96. The van der Waals surface area contributed by atoms with Gasteiger partial charge in [0.1, 0.15) is 0 Å². The highest BCUT2D eigenvalue weighted by molar-refractivity contribution is 9.10. The minimum atomic E-state index is -0.822. The molecule has 19 heavy (non-hydrogen) atoms. The zero-order valence-corrected chi connectivity index (χ0v) is 12.4. The van der Waals surface area contributed by atoms with Crippen molar-refractivity contribution in [1.82, 2.24) is 9.78 Å². The van der Waals surface area contributed by atoms with Crippen LogP contribution < -0.4 is 0 Å². The average Bonchev–Trinajstić information content (AvgIpc) is 2.62. The lowest BCUT2D eigenvalue weighted by molar-refractivity contribution is -0.138. The molecule has 1 N–H and O–H groups in total. The van der Waals surface area contributed by atoms with Crippen molar-refractivity contribution in [3.8, 4) is 0 Å². The minimum absolute atomic E-state index is 0.414. The fourth-order valence-electron chi connectivity index (χ4n) is 2.13. The number of carbonyl (C=O) groups is 1. The molecule has 1 unspecified atom stereocenters. The first-order chi connectivity index (χ1) is 9.00. The molecule has 0 saturated carbocycles. The lowest BCUT2D eigenvalue weighted by Gasteiger charge is -2.13. The van der Waals surface area contributed by atoms with Gasteiger partial charge in [0.2, 0.25) is 0 Å². The summed E-state index contributed by atoms with van der Waals surface area (Å²) in [7, 11) is 1.83. The molecule has 0 bridgehead atoms. The maximum Gasteiger partial charge on any atom is 0.311 e. The molecular weight excluding hydrogens is 308 g/mol. The first-order valence-corrected chi connectivity index (χ1v) is 6.75. The molecule has 0 spiro atoms. The number of halogens is 1. The van der Waals surface area contributed by atoms with Crippen molar-refractivity contribution in [3.63, 3.8) is 0 Å². The van der Waals surface area contributed by atoms with E-state index in [-0.39, 0.29) is 0 Å². The lowest BCUT2D eigenvalue weighted by Crippen LogP contribution is -2.16. The maximum absolute atomic E-state index is 11.5. The molecule has 0 aliphatic rings. The summed E-state index contributed by atoms with van der Waals surface area (Å²) in [5.41, 5.74) is 2.57. The Morgan fingerprint density at radius 3 is 2.53 bits per heavy atom. The largest absolute Gasteiger partial charge is 0.481 e. The van der Waals surface area contributed by atoms with Crippen LogP contribution in [0.15, 0.2) is 34.8 Å². The lowest BCUT2D eigenvalue weighted by atomic mass is 9.94. The second kappa shape index (κ2) is 5.57. The van der Waals surface area contributed by atoms with Gasteiger partial charge in [-0.15, -0.1) is 0 Å². The second-order valence-electron chi connectivity index (χ2n) is 4.48. The van der Waals surface area contributed by atoms with Crippen molar-refractivity contribution >= 4 is 21.9 Å². The van der Waals surface area contributed by atoms with Crippen LogP contribution in [0.1, 0.15) is 22.9 Å². The highest BCUT2D eigenvalue weighted by Crippen LogP contribution is 2.27. The Labute approximate surface area is 120 Å². The molecule has 1 aromatic heterocycles. The van der Waals surface area contributed by atoms with Crippen molar-refractivity contribution in [1.29, 1.82) is 0 Å². The predicted octanol–water partition coefficient (Wildman–Crippen LogP) is 2.90. The van der Waals surface area contributed by atoms with Gasteiger partial charge in [-0.3, -0.25) is 9.48 Å². The Bertz CT molecular complexity index is 593. The smallest absolute Gasteiger partial charge is 0.311 e. The fraction of sp³-hybridized carbons (Fsp3) is 0.286. The van der Waals surface area contributed by atoms with Gasteiger partial charge < -0.3 is 5.11 Å². The van der Waals surface area contributed by atoms with Gasteiger partial charge >= 0.3 is 5.97 Å². The van der Waals surface area contributed by atoms with Crippen LogP contribution in [0.4, 0.5) is 0 Å². The second-order valence-corrected chi connectivity index (χ2v) is 5.27. The van der Waals surface area contributed by atoms with Crippen molar-refractivity contribution in [2.45, 2.75) is 19.3 Å². The normalized spacial score (nSPS) is 12.4. The Morgan fingerprint density at radius 1 is 1.42 bits per heavy atom. The SMILES string of the molecule is Cc1nn(C)c(CC(C(=O)O)c2ccccc2)c1Br. The topological polar surface area (TPSA) is 55.1 Å².